The molecule has 1 fully saturated rings. The van der Waals surface area contributed by atoms with E-state index in [1.54, 1.807) is 0 Å². The summed E-state index contributed by atoms with van der Waals surface area (Å²) in [6.45, 7) is 12.4. The fourth-order valence-electron chi connectivity index (χ4n) is 3.47. The van der Waals surface area contributed by atoms with Gasteiger partial charge in [0.05, 0.1) is 0 Å². The van der Waals surface area contributed by atoms with Crippen molar-refractivity contribution in [2.24, 2.45) is 16.6 Å². The molecule has 1 saturated carbocycles. The van der Waals surface area contributed by atoms with Crippen molar-refractivity contribution in [3.05, 3.63) is 35.4 Å². The third-order valence-electron chi connectivity index (χ3n) is 5.50. The molecule has 0 saturated heterocycles. The zero-order valence-corrected chi connectivity index (χ0v) is 14.6. The van der Waals surface area contributed by atoms with Gasteiger partial charge in [0.15, 0.2) is 0 Å². The van der Waals surface area contributed by atoms with Crippen molar-refractivity contribution < 1.29 is 0 Å². The third-order valence-corrected chi connectivity index (χ3v) is 5.50. The maximum absolute atomic E-state index is 6.17. The monoisotopic (exact) mass is 287 g/mol. The van der Waals surface area contributed by atoms with Gasteiger partial charge in [0.1, 0.15) is 0 Å². The lowest BCUT2D eigenvalue weighted by Crippen LogP contribution is -2.38. The molecule has 0 atom stereocenters. The maximum atomic E-state index is 6.17. The summed E-state index contributed by atoms with van der Waals surface area (Å²) in [6.07, 6.45) is 6.31. The van der Waals surface area contributed by atoms with Crippen molar-refractivity contribution >= 4 is 0 Å². The molecule has 0 aromatic heterocycles. The molecule has 2 N–H and O–H groups in total. The average Bonchev–Trinajstić information content (AvgIpc) is 2.41. The van der Waals surface area contributed by atoms with E-state index >= 15 is 0 Å². The molecule has 0 bridgehead atoms. The van der Waals surface area contributed by atoms with Crippen LogP contribution in [0, 0.1) is 10.8 Å². The summed E-state index contributed by atoms with van der Waals surface area (Å²) in [5.74, 6) is 0. The van der Waals surface area contributed by atoms with E-state index in [9.17, 15) is 0 Å². The largest absolute Gasteiger partial charge is 0.330 e. The number of nitrogens with two attached hydrogens (primary N) is 1. The average molecular weight is 287 g/mol. The Morgan fingerprint density at radius 2 is 1.48 bits per heavy atom. The molecule has 118 valence electrons. The fraction of sp³-hybridized carbons (Fsp3) is 0.700. The quantitative estimate of drug-likeness (QED) is 0.825. The smallest absolute Gasteiger partial charge is 0.00173 e. The van der Waals surface area contributed by atoms with Crippen molar-refractivity contribution in [1.82, 2.24) is 0 Å². The molecule has 0 unspecified atom stereocenters. The van der Waals surface area contributed by atoms with Gasteiger partial charge in [-0.1, -0.05) is 58.9 Å². The summed E-state index contributed by atoms with van der Waals surface area (Å²) in [5.41, 5.74) is 10.1. The number of rotatable bonds is 3. The van der Waals surface area contributed by atoms with Gasteiger partial charge in [-0.05, 0) is 66.0 Å². The van der Waals surface area contributed by atoms with Crippen LogP contribution in [0.2, 0.25) is 0 Å². The van der Waals surface area contributed by atoms with Gasteiger partial charge in [0.25, 0.3) is 0 Å². The number of hydrogen-bond acceptors (Lipinski definition) is 1. The molecule has 0 aliphatic heterocycles. The first kappa shape index (κ1) is 16.5. The van der Waals surface area contributed by atoms with E-state index < -0.39 is 0 Å². The summed E-state index contributed by atoms with van der Waals surface area (Å²) in [5, 5.41) is 0. The van der Waals surface area contributed by atoms with Crippen molar-refractivity contribution in [3.63, 3.8) is 0 Å². The van der Waals surface area contributed by atoms with Crippen LogP contribution in [0.3, 0.4) is 0 Å². The van der Waals surface area contributed by atoms with Gasteiger partial charge in [-0.25, -0.2) is 0 Å². The lowest BCUT2D eigenvalue weighted by molar-refractivity contribution is 0.108. The molecule has 0 amide bonds. The topological polar surface area (TPSA) is 26.0 Å². The van der Waals surface area contributed by atoms with Crippen molar-refractivity contribution in [1.29, 1.82) is 0 Å². The molecule has 21 heavy (non-hydrogen) atoms. The Morgan fingerprint density at radius 1 is 0.952 bits per heavy atom. The van der Waals surface area contributed by atoms with Crippen LogP contribution in [0.15, 0.2) is 24.3 Å². The van der Waals surface area contributed by atoms with Gasteiger partial charge < -0.3 is 5.73 Å². The van der Waals surface area contributed by atoms with Gasteiger partial charge in [0, 0.05) is 0 Å². The second-order valence-electron chi connectivity index (χ2n) is 8.99. The van der Waals surface area contributed by atoms with Gasteiger partial charge in [-0.2, -0.15) is 0 Å². The van der Waals surface area contributed by atoms with Gasteiger partial charge in [-0.15, -0.1) is 0 Å². The molecule has 0 radical (unpaired) electrons. The second kappa shape index (κ2) is 5.76. The molecule has 2 rings (SSSR count). The van der Waals surface area contributed by atoms with Crippen molar-refractivity contribution in [3.8, 4) is 0 Å². The minimum atomic E-state index is 0.235. The zero-order valence-electron chi connectivity index (χ0n) is 14.6. The summed E-state index contributed by atoms with van der Waals surface area (Å²) in [7, 11) is 0. The first-order valence-electron chi connectivity index (χ1n) is 8.45. The third kappa shape index (κ3) is 4.10. The van der Waals surface area contributed by atoms with Crippen molar-refractivity contribution in [2.75, 3.05) is 6.54 Å². The minimum absolute atomic E-state index is 0.235. The Kier molecular flexibility index (Phi) is 4.54. The molecule has 0 heterocycles. The van der Waals surface area contributed by atoms with E-state index in [0.29, 0.717) is 10.8 Å². The van der Waals surface area contributed by atoms with Crippen LogP contribution in [0.4, 0.5) is 0 Å². The van der Waals surface area contributed by atoms with E-state index in [1.807, 2.05) is 0 Å². The van der Waals surface area contributed by atoms with Crippen molar-refractivity contribution in [2.45, 2.75) is 72.1 Å². The van der Waals surface area contributed by atoms with Gasteiger partial charge in [-0.3, -0.25) is 0 Å². The molecular formula is C20H33N. The zero-order chi connectivity index (χ0) is 15.7. The van der Waals surface area contributed by atoms with E-state index in [2.05, 4.69) is 58.9 Å². The normalized spacial score (nSPS) is 21.2. The first-order chi connectivity index (χ1) is 9.66. The van der Waals surface area contributed by atoms with Crippen LogP contribution in [-0.4, -0.2) is 6.54 Å². The van der Waals surface area contributed by atoms with Crippen LogP contribution >= 0.6 is 0 Å². The Labute approximate surface area is 131 Å². The van der Waals surface area contributed by atoms with Crippen LogP contribution in [-0.2, 0) is 11.8 Å². The minimum Gasteiger partial charge on any atom is -0.330 e. The standard InChI is InChI=1S/C20H33N/c1-18(2,3)17-8-6-16(7-9-17)14-20(15-21)12-10-19(4,5)11-13-20/h6-9H,10-15,21H2,1-5H3. The molecular weight excluding hydrogens is 254 g/mol. The summed E-state index contributed by atoms with van der Waals surface area (Å²) in [6, 6.07) is 9.23. The molecule has 1 nitrogen and oxygen atoms in total. The van der Waals surface area contributed by atoms with Crippen LogP contribution in [0.1, 0.15) is 71.4 Å². The second-order valence-corrected chi connectivity index (χ2v) is 8.99. The molecule has 1 aromatic carbocycles. The summed E-state index contributed by atoms with van der Waals surface area (Å²) < 4.78 is 0. The lowest BCUT2D eigenvalue weighted by atomic mass is 9.63. The number of hydrogen-bond donors (Lipinski definition) is 1. The lowest BCUT2D eigenvalue weighted by Gasteiger charge is -2.43. The molecule has 1 aromatic rings. The van der Waals surface area contributed by atoms with Crippen LogP contribution in [0.5, 0.6) is 0 Å². The Hall–Kier alpha value is -0.820. The first-order valence-corrected chi connectivity index (χ1v) is 8.45. The maximum Gasteiger partial charge on any atom is -0.00173 e. The van der Waals surface area contributed by atoms with Gasteiger partial charge in [0.2, 0.25) is 0 Å². The van der Waals surface area contributed by atoms with Gasteiger partial charge >= 0.3 is 0 Å². The molecule has 1 aliphatic carbocycles. The summed E-state index contributed by atoms with van der Waals surface area (Å²) in [4.78, 5) is 0. The van der Waals surface area contributed by atoms with E-state index in [4.69, 9.17) is 5.73 Å². The summed E-state index contributed by atoms with van der Waals surface area (Å²) >= 11 is 0. The van der Waals surface area contributed by atoms with Crippen LogP contribution < -0.4 is 5.73 Å². The van der Waals surface area contributed by atoms with E-state index in [-0.39, 0.29) is 5.41 Å². The number of benzene rings is 1. The van der Waals surface area contributed by atoms with E-state index in [1.165, 1.54) is 36.8 Å². The fourth-order valence-corrected chi connectivity index (χ4v) is 3.47. The highest BCUT2D eigenvalue weighted by atomic mass is 14.6. The Balaban J connectivity index is 2.09. The Morgan fingerprint density at radius 3 is 1.90 bits per heavy atom. The Bertz CT molecular complexity index is 452. The highest BCUT2D eigenvalue weighted by Crippen LogP contribution is 2.46. The molecule has 1 aliphatic rings. The van der Waals surface area contributed by atoms with E-state index in [0.717, 1.165) is 13.0 Å². The molecule has 1 heteroatoms. The predicted molar refractivity (Wildman–Crippen MR) is 92.6 cm³/mol. The predicted octanol–water partition coefficient (Wildman–Crippen LogP) is 5.07. The highest BCUT2D eigenvalue weighted by Gasteiger charge is 2.37. The van der Waals surface area contributed by atoms with Crippen LogP contribution in [0.25, 0.3) is 0 Å². The molecule has 0 spiro atoms. The SMILES string of the molecule is CC1(C)CCC(CN)(Cc2ccc(C(C)(C)C)cc2)CC1. The highest BCUT2D eigenvalue weighted by molar-refractivity contribution is 5.28.